The fourth-order valence-corrected chi connectivity index (χ4v) is 4.62. The van der Waals surface area contributed by atoms with Gasteiger partial charge in [0.25, 0.3) is 0 Å². The summed E-state index contributed by atoms with van der Waals surface area (Å²) in [5.74, 6) is 0.220. The lowest BCUT2D eigenvalue weighted by atomic mass is 9.79. The van der Waals surface area contributed by atoms with E-state index < -0.39 is 0 Å². The van der Waals surface area contributed by atoms with Gasteiger partial charge in [-0.15, -0.1) is 0 Å². The summed E-state index contributed by atoms with van der Waals surface area (Å²) in [6.07, 6.45) is 8.90. The summed E-state index contributed by atoms with van der Waals surface area (Å²) in [4.78, 5) is 27.3. The number of amides is 2. The first-order valence-electron chi connectivity index (χ1n) is 8.66. The molecule has 3 fully saturated rings. The van der Waals surface area contributed by atoms with E-state index in [2.05, 4.69) is 19.2 Å². The number of likely N-dealkylation sites (tertiary alicyclic amines) is 1. The molecule has 1 spiro atoms. The smallest absolute Gasteiger partial charge is 0.236 e. The molecule has 2 saturated heterocycles. The van der Waals surface area contributed by atoms with E-state index in [1.165, 1.54) is 12.8 Å². The predicted molar refractivity (Wildman–Crippen MR) is 81.7 cm³/mol. The van der Waals surface area contributed by atoms with Crippen LogP contribution in [0.5, 0.6) is 0 Å². The SMILES string of the molecule is CC1CCC(N2C(=O)CC3(CCCCCC3)C2=O)C(C)N1. The predicted octanol–water partition coefficient (Wildman–Crippen LogP) is 2.61. The van der Waals surface area contributed by atoms with Crippen LogP contribution in [0.3, 0.4) is 0 Å². The third-order valence-electron chi connectivity index (χ3n) is 5.84. The van der Waals surface area contributed by atoms with Crippen molar-refractivity contribution in [3.05, 3.63) is 0 Å². The summed E-state index contributed by atoms with van der Waals surface area (Å²) >= 11 is 0. The van der Waals surface area contributed by atoms with Crippen molar-refractivity contribution in [1.29, 1.82) is 0 Å². The molecule has 1 aliphatic carbocycles. The van der Waals surface area contributed by atoms with Crippen molar-refractivity contribution in [1.82, 2.24) is 10.2 Å². The van der Waals surface area contributed by atoms with Crippen LogP contribution >= 0.6 is 0 Å². The summed E-state index contributed by atoms with van der Waals surface area (Å²) in [5.41, 5.74) is -0.351. The number of piperidine rings is 1. The van der Waals surface area contributed by atoms with Crippen LogP contribution in [0.25, 0.3) is 0 Å². The molecule has 21 heavy (non-hydrogen) atoms. The molecule has 1 N–H and O–H groups in total. The van der Waals surface area contributed by atoms with Crippen molar-refractivity contribution in [2.45, 2.75) is 89.8 Å². The van der Waals surface area contributed by atoms with Gasteiger partial charge in [0, 0.05) is 18.5 Å². The summed E-state index contributed by atoms with van der Waals surface area (Å²) in [6, 6.07) is 0.752. The minimum atomic E-state index is -0.351. The summed E-state index contributed by atoms with van der Waals surface area (Å²) < 4.78 is 0. The Hall–Kier alpha value is -0.900. The van der Waals surface area contributed by atoms with Gasteiger partial charge in [0.05, 0.1) is 11.5 Å². The highest BCUT2D eigenvalue weighted by molar-refractivity contribution is 6.06. The molecular weight excluding hydrogens is 264 g/mol. The maximum atomic E-state index is 13.0. The van der Waals surface area contributed by atoms with E-state index in [4.69, 9.17) is 0 Å². The Balaban J connectivity index is 1.80. The van der Waals surface area contributed by atoms with Gasteiger partial charge in [-0.2, -0.15) is 0 Å². The zero-order chi connectivity index (χ0) is 15.0. The van der Waals surface area contributed by atoms with E-state index in [-0.39, 0.29) is 29.3 Å². The minimum absolute atomic E-state index is 0.0591. The molecule has 0 aromatic carbocycles. The molecule has 4 nitrogen and oxygen atoms in total. The first-order valence-corrected chi connectivity index (χ1v) is 8.66. The van der Waals surface area contributed by atoms with Crippen molar-refractivity contribution in [2.75, 3.05) is 0 Å². The number of nitrogens with one attached hydrogen (secondary N) is 1. The number of carbonyl (C=O) groups excluding carboxylic acids is 2. The van der Waals surface area contributed by atoms with E-state index in [1.54, 1.807) is 4.90 Å². The normalized spacial score (nSPS) is 37.0. The molecule has 2 amide bonds. The van der Waals surface area contributed by atoms with Crippen LogP contribution in [-0.2, 0) is 9.59 Å². The third kappa shape index (κ3) is 2.63. The summed E-state index contributed by atoms with van der Waals surface area (Å²) in [5, 5.41) is 3.50. The van der Waals surface area contributed by atoms with Gasteiger partial charge in [0.1, 0.15) is 0 Å². The first-order chi connectivity index (χ1) is 10.0. The molecule has 2 heterocycles. The first kappa shape index (κ1) is 15.0. The lowest BCUT2D eigenvalue weighted by Gasteiger charge is -2.39. The van der Waals surface area contributed by atoms with E-state index in [1.807, 2.05) is 0 Å². The number of hydrogen-bond donors (Lipinski definition) is 1. The Morgan fingerprint density at radius 1 is 1.05 bits per heavy atom. The second-order valence-corrected chi connectivity index (χ2v) is 7.44. The topological polar surface area (TPSA) is 49.4 Å². The molecule has 3 atom stereocenters. The average Bonchev–Trinajstić information content (AvgIpc) is 2.60. The van der Waals surface area contributed by atoms with Crippen molar-refractivity contribution in [3.63, 3.8) is 0 Å². The molecule has 0 aromatic rings. The summed E-state index contributed by atoms with van der Waals surface area (Å²) in [7, 11) is 0. The quantitative estimate of drug-likeness (QED) is 0.756. The highest BCUT2D eigenvalue weighted by atomic mass is 16.2. The van der Waals surface area contributed by atoms with Gasteiger partial charge < -0.3 is 5.32 Å². The van der Waals surface area contributed by atoms with Crippen LogP contribution < -0.4 is 5.32 Å². The molecule has 2 aliphatic heterocycles. The zero-order valence-electron chi connectivity index (χ0n) is 13.4. The van der Waals surface area contributed by atoms with Gasteiger partial charge >= 0.3 is 0 Å². The number of hydrogen-bond acceptors (Lipinski definition) is 3. The fourth-order valence-electron chi connectivity index (χ4n) is 4.62. The van der Waals surface area contributed by atoms with Gasteiger partial charge in [-0.1, -0.05) is 25.7 Å². The van der Waals surface area contributed by atoms with Crippen LogP contribution in [0.2, 0.25) is 0 Å². The van der Waals surface area contributed by atoms with E-state index in [0.717, 1.165) is 38.5 Å². The van der Waals surface area contributed by atoms with Crippen molar-refractivity contribution in [2.24, 2.45) is 5.41 Å². The number of imide groups is 1. The van der Waals surface area contributed by atoms with Gasteiger partial charge in [-0.25, -0.2) is 0 Å². The van der Waals surface area contributed by atoms with Crippen LogP contribution in [0.15, 0.2) is 0 Å². The molecule has 3 unspecified atom stereocenters. The molecule has 118 valence electrons. The Bertz CT molecular complexity index is 427. The van der Waals surface area contributed by atoms with Crippen LogP contribution in [0, 0.1) is 5.41 Å². The molecular formula is C17H28N2O2. The largest absolute Gasteiger partial charge is 0.310 e. The molecule has 1 saturated carbocycles. The Morgan fingerprint density at radius 3 is 2.33 bits per heavy atom. The highest BCUT2D eigenvalue weighted by Crippen LogP contribution is 2.45. The van der Waals surface area contributed by atoms with Crippen LogP contribution in [0.1, 0.15) is 71.6 Å². The highest BCUT2D eigenvalue weighted by Gasteiger charge is 2.53. The standard InChI is InChI=1S/C17H28N2O2/c1-12-7-8-14(13(2)18-12)19-15(20)11-17(16(19)21)9-5-3-4-6-10-17/h12-14,18H,3-11H2,1-2H3. The lowest BCUT2D eigenvalue weighted by Crippen LogP contribution is -2.57. The monoisotopic (exact) mass is 292 g/mol. The Kier molecular flexibility index (Phi) is 4.08. The molecule has 3 rings (SSSR count). The number of rotatable bonds is 1. The van der Waals surface area contributed by atoms with Crippen molar-refractivity contribution >= 4 is 11.8 Å². The molecule has 4 heteroatoms. The molecule has 0 radical (unpaired) electrons. The van der Waals surface area contributed by atoms with Gasteiger partial charge in [-0.3, -0.25) is 14.5 Å². The van der Waals surface area contributed by atoms with Gasteiger partial charge in [0.15, 0.2) is 0 Å². The number of nitrogens with zero attached hydrogens (tertiary/aromatic N) is 1. The van der Waals surface area contributed by atoms with Gasteiger partial charge in [0.2, 0.25) is 11.8 Å². The molecule has 0 aromatic heterocycles. The fraction of sp³-hybridized carbons (Fsp3) is 0.882. The Labute approximate surface area is 127 Å². The second-order valence-electron chi connectivity index (χ2n) is 7.44. The minimum Gasteiger partial charge on any atom is -0.310 e. The van der Waals surface area contributed by atoms with E-state index >= 15 is 0 Å². The van der Waals surface area contributed by atoms with Gasteiger partial charge in [-0.05, 0) is 39.5 Å². The maximum absolute atomic E-state index is 13.0. The van der Waals surface area contributed by atoms with Crippen LogP contribution in [-0.4, -0.2) is 34.8 Å². The summed E-state index contributed by atoms with van der Waals surface area (Å²) in [6.45, 7) is 4.28. The number of carbonyl (C=O) groups is 2. The zero-order valence-corrected chi connectivity index (χ0v) is 13.4. The second kappa shape index (κ2) is 5.71. The molecule has 3 aliphatic rings. The lowest BCUT2D eigenvalue weighted by molar-refractivity contribution is -0.145. The van der Waals surface area contributed by atoms with E-state index in [0.29, 0.717) is 12.5 Å². The van der Waals surface area contributed by atoms with Crippen molar-refractivity contribution < 1.29 is 9.59 Å². The molecule has 0 bridgehead atoms. The van der Waals surface area contributed by atoms with E-state index in [9.17, 15) is 9.59 Å². The Morgan fingerprint density at radius 2 is 1.71 bits per heavy atom. The third-order valence-corrected chi connectivity index (χ3v) is 5.84. The average molecular weight is 292 g/mol. The maximum Gasteiger partial charge on any atom is 0.236 e. The van der Waals surface area contributed by atoms with Crippen LogP contribution in [0.4, 0.5) is 0 Å². The van der Waals surface area contributed by atoms with Crippen molar-refractivity contribution in [3.8, 4) is 0 Å².